The Morgan fingerprint density at radius 3 is 2.75 bits per heavy atom. The van der Waals surface area contributed by atoms with E-state index in [0.717, 1.165) is 11.1 Å². The van der Waals surface area contributed by atoms with Crippen molar-refractivity contribution in [3.63, 3.8) is 0 Å². The van der Waals surface area contributed by atoms with Crippen molar-refractivity contribution in [3.05, 3.63) is 58.4 Å². The first-order valence-electron chi connectivity index (χ1n) is 7.40. The van der Waals surface area contributed by atoms with Gasteiger partial charge in [0.2, 0.25) is 6.79 Å². The molecule has 0 radical (unpaired) electrons. The van der Waals surface area contributed by atoms with Crippen molar-refractivity contribution in [2.75, 3.05) is 6.79 Å². The molecule has 0 bridgehead atoms. The van der Waals surface area contributed by atoms with Crippen LogP contribution in [0, 0.1) is 6.92 Å². The molecule has 1 aromatic heterocycles. The molecule has 0 aliphatic carbocycles. The van der Waals surface area contributed by atoms with Crippen molar-refractivity contribution in [1.29, 1.82) is 0 Å². The van der Waals surface area contributed by atoms with Gasteiger partial charge in [0.05, 0.1) is 11.4 Å². The molecule has 4 rings (SSSR count). The lowest BCUT2D eigenvalue weighted by atomic mass is 10.1. The molecule has 24 heavy (non-hydrogen) atoms. The second kappa shape index (κ2) is 5.69. The van der Waals surface area contributed by atoms with Crippen molar-refractivity contribution in [3.8, 4) is 22.8 Å². The van der Waals surface area contributed by atoms with E-state index >= 15 is 0 Å². The van der Waals surface area contributed by atoms with Crippen LogP contribution < -0.4 is 15.0 Å². The van der Waals surface area contributed by atoms with Crippen molar-refractivity contribution >= 4 is 11.4 Å². The van der Waals surface area contributed by atoms with E-state index in [-0.39, 0.29) is 18.0 Å². The van der Waals surface area contributed by atoms with Gasteiger partial charge in [-0.2, -0.15) is 5.11 Å². The smallest absolute Gasteiger partial charge is 0.292 e. The predicted molar refractivity (Wildman–Crippen MR) is 88.3 cm³/mol. The Morgan fingerprint density at radius 2 is 1.88 bits per heavy atom. The number of ether oxygens (including phenoxy) is 2. The highest BCUT2D eigenvalue weighted by molar-refractivity contribution is 5.73. The number of nitrogens with zero attached hydrogens (tertiary/aromatic N) is 2. The molecule has 2 heterocycles. The molecule has 0 saturated heterocycles. The Hall–Kier alpha value is -3.35. The zero-order valence-electron chi connectivity index (χ0n) is 12.9. The third kappa shape index (κ3) is 2.56. The topological polar surface area (TPSA) is 91.8 Å². The number of azo groups is 1. The van der Waals surface area contributed by atoms with Crippen LogP contribution in [-0.2, 0) is 0 Å². The van der Waals surface area contributed by atoms with Crippen LogP contribution in [0.4, 0.5) is 11.4 Å². The Morgan fingerprint density at radius 1 is 1.00 bits per heavy atom. The number of hydrogen-bond donors (Lipinski definition) is 2. The maximum absolute atomic E-state index is 12.0. The van der Waals surface area contributed by atoms with Crippen LogP contribution in [0.5, 0.6) is 11.5 Å². The predicted octanol–water partition coefficient (Wildman–Crippen LogP) is 3.82. The number of nitrogens with one attached hydrogen (secondary N) is 2. The van der Waals surface area contributed by atoms with Gasteiger partial charge in [-0.1, -0.05) is 12.1 Å². The van der Waals surface area contributed by atoms with Crippen LogP contribution >= 0.6 is 0 Å². The van der Waals surface area contributed by atoms with Gasteiger partial charge in [0.15, 0.2) is 17.2 Å². The van der Waals surface area contributed by atoms with E-state index in [0.29, 0.717) is 22.9 Å². The van der Waals surface area contributed by atoms with Gasteiger partial charge >= 0.3 is 0 Å². The van der Waals surface area contributed by atoms with Gasteiger partial charge in [-0.3, -0.25) is 15.0 Å². The molecule has 0 amide bonds. The fourth-order valence-electron chi connectivity index (χ4n) is 2.51. The van der Waals surface area contributed by atoms with Gasteiger partial charge in [0.1, 0.15) is 0 Å². The monoisotopic (exact) mass is 322 g/mol. The van der Waals surface area contributed by atoms with Crippen LogP contribution in [0.15, 0.2) is 57.5 Å². The first-order valence-corrected chi connectivity index (χ1v) is 7.40. The Labute approximate surface area is 137 Å². The number of hydrogen-bond acceptors (Lipinski definition) is 5. The lowest BCUT2D eigenvalue weighted by Gasteiger charge is -2.01. The van der Waals surface area contributed by atoms with Crippen LogP contribution in [-0.4, -0.2) is 17.0 Å². The van der Waals surface area contributed by atoms with Crippen LogP contribution in [0.25, 0.3) is 11.3 Å². The van der Waals surface area contributed by atoms with Gasteiger partial charge in [-0.05, 0) is 42.8 Å². The number of aromatic amines is 2. The molecule has 7 nitrogen and oxygen atoms in total. The summed E-state index contributed by atoms with van der Waals surface area (Å²) in [5.74, 6) is 1.32. The number of aryl methyl sites for hydroxylation is 1. The highest BCUT2D eigenvalue weighted by atomic mass is 16.7. The van der Waals surface area contributed by atoms with Crippen molar-refractivity contribution in [1.82, 2.24) is 10.2 Å². The van der Waals surface area contributed by atoms with E-state index in [1.165, 1.54) is 0 Å². The highest BCUT2D eigenvalue weighted by Gasteiger charge is 2.17. The number of rotatable bonds is 3. The van der Waals surface area contributed by atoms with Gasteiger partial charge in [0, 0.05) is 5.56 Å². The quantitative estimate of drug-likeness (QED) is 0.718. The maximum atomic E-state index is 12.0. The minimum Gasteiger partial charge on any atom is -0.454 e. The first kappa shape index (κ1) is 14.3. The summed E-state index contributed by atoms with van der Waals surface area (Å²) in [7, 11) is 0. The summed E-state index contributed by atoms with van der Waals surface area (Å²) in [6, 6.07) is 13.0. The molecule has 0 saturated carbocycles. The summed E-state index contributed by atoms with van der Waals surface area (Å²) in [6.45, 7) is 2.17. The summed E-state index contributed by atoms with van der Waals surface area (Å²) >= 11 is 0. The van der Waals surface area contributed by atoms with Crippen molar-refractivity contribution < 1.29 is 9.47 Å². The summed E-state index contributed by atoms with van der Waals surface area (Å²) in [6.07, 6.45) is 0. The van der Waals surface area contributed by atoms with E-state index in [2.05, 4.69) is 20.4 Å². The van der Waals surface area contributed by atoms with E-state index in [9.17, 15) is 4.79 Å². The molecule has 2 N–H and O–H groups in total. The SMILES string of the molecule is Cc1cccc(N=Nc2c(-c3ccc4c(c3)OCO4)[nH][nH]c2=O)c1. The lowest BCUT2D eigenvalue weighted by Crippen LogP contribution is -1.96. The molecular formula is C17H14N4O3. The first-order chi connectivity index (χ1) is 11.7. The standard InChI is InChI=1S/C17H14N4O3/c1-10-3-2-4-12(7-10)18-20-16-15(19-21-17(16)22)11-5-6-13-14(8-11)24-9-23-13/h2-8H,9H2,1H3,(H2,19,21,22). The molecule has 0 atom stereocenters. The molecule has 2 aromatic carbocycles. The number of fused-ring (bicyclic) bond motifs is 1. The average Bonchev–Trinajstić information content (AvgIpc) is 3.18. The summed E-state index contributed by atoms with van der Waals surface area (Å²) in [4.78, 5) is 12.0. The summed E-state index contributed by atoms with van der Waals surface area (Å²) in [5.41, 5.74) is 2.96. The van der Waals surface area contributed by atoms with Gasteiger partial charge < -0.3 is 9.47 Å². The van der Waals surface area contributed by atoms with Crippen molar-refractivity contribution in [2.24, 2.45) is 10.2 Å². The van der Waals surface area contributed by atoms with E-state index in [1.807, 2.05) is 37.3 Å². The zero-order valence-corrected chi connectivity index (χ0v) is 12.9. The average molecular weight is 322 g/mol. The van der Waals surface area contributed by atoms with E-state index < -0.39 is 0 Å². The van der Waals surface area contributed by atoms with Gasteiger partial charge in [-0.25, -0.2) is 0 Å². The highest BCUT2D eigenvalue weighted by Crippen LogP contribution is 2.37. The molecule has 1 aliphatic heterocycles. The molecule has 3 aromatic rings. The van der Waals surface area contributed by atoms with Crippen LogP contribution in [0.1, 0.15) is 5.56 Å². The van der Waals surface area contributed by atoms with Gasteiger partial charge in [0.25, 0.3) is 5.56 Å². The second-order valence-corrected chi connectivity index (χ2v) is 5.41. The number of benzene rings is 2. The third-order valence-corrected chi connectivity index (χ3v) is 3.68. The van der Waals surface area contributed by atoms with Gasteiger partial charge in [-0.15, -0.1) is 5.11 Å². The maximum Gasteiger partial charge on any atom is 0.292 e. The summed E-state index contributed by atoms with van der Waals surface area (Å²) < 4.78 is 10.7. The zero-order chi connectivity index (χ0) is 16.5. The minimum atomic E-state index is -0.334. The fraction of sp³-hybridized carbons (Fsp3) is 0.118. The Balaban J connectivity index is 1.73. The molecule has 0 unspecified atom stereocenters. The number of aromatic nitrogens is 2. The lowest BCUT2D eigenvalue weighted by molar-refractivity contribution is 0.174. The van der Waals surface area contributed by atoms with E-state index in [1.54, 1.807) is 12.1 Å². The van der Waals surface area contributed by atoms with Crippen LogP contribution in [0.3, 0.4) is 0 Å². The van der Waals surface area contributed by atoms with E-state index in [4.69, 9.17) is 9.47 Å². The third-order valence-electron chi connectivity index (χ3n) is 3.68. The van der Waals surface area contributed by atoms with Crippen molar-refractivity contribution in [2.45, 2.75) is 6.92 Å². The fourth-order valence-corrected chi connectivity index (χ4v) is 2.51. The Kier molecular flexibility index (Phi) is 3.38. The summed E-state index contributed by atoms with van der Waals surface area (Å²) in [5, 5.41) is 13.7. The molecule has 1 aliphatic rings. The molecule has 120 valence electrons. The molecular weight excluding hydrogens is 308 g/mol. The normalized spacial score (nSPS) is 12.9. The second-order valence-electron chi connectivity index (χ2n) is 5.41. The minimum absolute atomic E-state index is 0.197. The van der Waals surface area contributed by atoms with Crippen LogP contribution in [0.2, 0.25) is 0 Å². The molecule has 0 fully saturated rings. The Bertz CT molecular complexity index is 987. The largest absolute Gasteiger partial charge is 0.454 e. The number of H-pyrrole nitrogens is 2. The molecule has 7 heteroatoms. The molecule has 0 spiro atoms.